The molecule has 1 N–H and O–H groups in total. The van der Waals surface area contributed by atoms with E-state index in [2.05, 4.69) is 0 Å². The molecule has 0 fully saturated rings. The summed E-state index contributed by atoms with van der Waals surface area (Å²) in [7, 11) is 1.61. The van der Waals surface area contributed by atoms with Crippen LogP contribution in [-0.2, 0) is 16.0 Å². The fraction of sp³-hybridized carbons (Fsp3) is 0.500. The molecule has 1 rings (SSSR count). The number of carbonyl (C=O) groups excluding carboxylic acids is 1. The molecular formula is C16H23NO4. The molecule has 1 amide bonds. The van der Waals surface area contributed by atoms with Crippen molar-refractivity contribution in [1.82, 2.24) is 4.90 Å². The average Bonchev–Trinajstić information content (AvgIpc) is 2.45. The minimum atomic E-state index is -0.885. The van der Waals surface area contributed by atoms with Gasteiger partial charge in [-0.15, -0.1) is 0 Å². The molecule has 5 heteroatoms. The highest BCUT2D eigenvalue weighted by molar-refractivity contribution is 5.77. The van der Waals surface area contributed by atoms with Gasteiger partial charge < -0.3 is 14.7 Å². The number of rotatable bonds is 8. The molecule has 0 aliphatic heterocycles. The first-order valence-electron chi connectivity index (χ1n) is 7.12. The molecule has 116 valence electrons. The lowest BCUT2D eigenvalue weighted by molar-refractivity contribution is -0.140. The van der Waals surface area contributed by atoms with E-state index in [0.29, 0.717) is 19.4 Å². The van der Waals surface area contributed by atoms with Gasteiger partial charge >= 0.3 is 5.97 Å². The maximum atomic E-state index is 12.2. The van der Waals surface area contributed by atoms with Crippen molar-refractivity contribution in [1.29, 1.82) is 0 Å². The van der Waals surface area contributed by atoms with Gasteiger partial charge in [0.05, 0.1) is 13.5 Å². The van der Waals surface area contributed by atoms with Crippen molar-refractivity contribution in [3.05, 3.63) is 29.8 Å². The Morgan fingerprint density at radius 2 is 1.90 bits per heavy atom. The van der Waals surface area contributed by atoms with Crippen LogP contribution >= 0.6 is 0 Å². The molecule has 1 aromatic carbocycles. The number of carboxylic acids is 1. The fourth-order valence-corrected chi connectivity index (χ4v) is 2.28. The lowest BCUT2D eigenvalue weighted by Crippen LogP contribution is -2.39. The number of hydrogen-bond donors (Lipinski definition) is 1. The van der Waals surface area contributed by atoms with Gasteiger partial charge in [0.1, 0.15) is 5.75 Å². The number of aliphatic carboxylic acids is 1. The van der Waals surface area contributed by atoms with E-state index < -0.39 is 5.97 Å². The first kappa shape index (κ1) is 17.0. The predicted octanol–water partition coefficient (Wildman–Crippen LogP) is 2.34. The molecule has 1 atom stereocenters. The van der Waals surface area contributed by atoms with Crippen LogP contribution in [0.5, 0.6) is 5.75 Å². The summed E-state index contributed by atoms with van der Waals surface area (Å²) in [6, 6.07) is 7.32. The third-order valence-electron chi connectivity index (χ3n) is 3.45. The van der Waals surface area contributed by atoms with Crippen LogP contribution in [0.4, 0.5) is 0 Å². The van der Waals surface area contributed by atoms with Crippen molar-refractivity contribution >= 4 is 11.9 Å². The highest BCUT2D eigenvalue weighted by Gasteiger charge is 2.20. The highest BCUT2D eigenvalue weighted by Crippen LogP contribution is 2.14. The van der Waals surface area contributed by atoms with Crippen LogP contribution in [0.2, 0.25) is 0 Å². The number of hydrogen-bond acceptors (Lipinski definition) is 3. The van der Waals surface area contributed by atoms with Gasteiger partial charge in [0.15, 0.2) is 0 Å². The van der Waals surface area contributed by atoms with Crippen LogP contribution in [0.1, 0.15) is 32.3 Å². The van der Waals surface area contributed by atoms with Gasteiger partial charge in [-0.2, -0.15) is 0 Å². The summed E-state index contributed by atoms with van der Waals surface area (Å²) in [6.45, 7) is 4.16. The maximum Gasteiger partial charge on any atom is 0.305 e. The van der Waals surface area contributed by atoms with E-state index >= 15 is 0 Å². The van der Waals surface area contributed by atoms with E-state index in [9.17, 15) is 9.59 Å². The topological polar surface area (TPSA) is 66.8 Å². The summed E-state index contributed by atoms with van der Waals surface area (Å²) in [4.78, 5) is 24.6. The number of carboxylic acid groups (broad SMARTS) is 1. The van der Waals surface area contributed by atoms with E-state index in [-0.39, 0.29) is 18.4 Å². The zero-order valence-electron chi connectivity index (χ0n) is 12.8. The zero-order valence-corrected chi connectivity index (χ0v) is 12.8. The van der Waals surface area contributed by atoms with Crippen LogP contribution in [0, 0.1) is 0 Å². The van der Waals surface area contributed by atoms with E-state index in [1.807, 2.05) is 31.2 Å². The Balaban J connectivity index is 2.55. The molecule has 0 aliphatic carbocycles. The van der Waals surface area contributed by atoms with Crippen molar-refractivity contribution in [3.8, 4) is 5.75 Å². The lowest BCUT2D eigenvalue weighted by atomic mass is 10.1. The summed E-state index contributed by atoms with van der Waals surface area (Å²) in [5, 5.41) is 8.82. The second-order valence-corrected chi connectivity index (χ2v) is 4.97. The Kier molecular flexibility index (Phi) is 6.72. The summed E-state index contributed by atoms with van der Waals surface area (Å²) in [5.74, 6) is -0.110. The van der Waals surface area contributed by atoms with Crippen molar-refractivity contribution in [2.75, 3.05) is 13.7 Å². The number of ether oxygens (including phenoxy) is 1. The van der Waals surface area contributed by atoms with Crippen molar-refractivity contribution < 1.29 is 19.4 Å². The molecule has 0 aliphatic rings. The fourth-order valence-electron chi connectivity index (χ4n) is 2.28. The van der Waals surface area contributed by atoms with Crippen LogP contribution in [0.25, 0.3) is 0 Å². The molecule has 0 spiro atoms. The highest BCUT2D eigenvalue weighted by atomic mass is 16.5. The van der Waals surface area contributed by atoms with Crippen molar-refractivity contribution in [2.45, 2.75) is 39.2 Å². The van der Waals surface area contributed by atoms with Crippen LogP contribution < -0.4 is 4.74 Å². The molecule has 0 aromatic heterocycles. The molecule has 0 radical (unpaired) electrons. The maximum absolute atomic E-state index is 12.2. The van der Waals surface area contributed by atoms with E-state index in [1.165, 1.54) is 0 Å². The van der Waals surface area contributed by atoms with E-state index in [4.69, 9.17) is 9.84 Å². The number of benzene rings is 1. The third kappa shape index (κ3) is 5.45. The third-order valence-corrected chi connectivity index (χ3v) is 3.45. The standard InChI is InChI=1S/C16H23NO4/c1-4-17(12(2)11-16(19)20)15(18)10-7-13-5-8-14(21-3)9-6-13/h5-6,8-9,12H,4,7,10-11H2,1-3H3,(H,19,20). The number of amides is 1. The minimum absolute atomic E-state index is 0.0120. The average molecular weight is 293 g/mol. The molecule has 5 nitrogen and oxygen atoms in total. The predicted molar refractivity (Wildman–Crippen MR) is 80.4 cm³/mol. The summed E-state index contributed by atoms with van der Waals surface area (Å²) >= 11 is 0. The lowest BCUT2D eigenvalue weighted by Gasteiger charge is -2.27. The minimum Gasteiger partial charge on any atom is -0.497 e. The van der Waals surface area contributed by atoms with E-state index in [0.717, 1.165) is 11.3 Å². The van der Waals surface area contributed by atoms with Gasteiger partial charge in [-0.05, 0) is 38.0 Å². The smallest absolute Gasteiger partial charge is 0.305 e. The molecule has 0 bridgehead atoms. The van der Waals surface area contributed by atoms with Crippen molar-refractivity contribution in [3.63, 3.8) is 0 Å². The summed E-state index contributed by atoms with van der Waals surface area (Å²) < 4.78 is 5.09. The number of nitrogens with zero attached hydrogens (tertiary/aromatic N) is 1. The second kappa shape index (κ2) is 8.29. The molecule has 1 unspecified atom stereocenters. The van der Waals surface area contributed by atoms with Crippen molar-refractivity contribution in [2.24, 2.45) is 0 Å². The first-order chi connectivity index (χ1) is 9.97. The van der Waals surface area contributed by atoms with Crippen LogP contribution in [0.3, 0.4) is 0 Å². The Morgan fingerprint density at radius 1 is 1.29 bits per heavy atom. The van der Waals surface area contributed by atoms with Gasteiger partial charge in [-0.3, -0.25) is 9.59 Å². The number of aryl methyl sites for hydroxylation is 1. The van der Waals surface area contributed by atoms with Crippen LogP contribution in [0.15, 0.2) is 24.3 Å². The number of carbonyl (C=O) groups is 2. The Labute approximate surface area is 125 Å². The van der Waals surface area contributed by atoms with E-state index in [1.54, 1.807) is 18.9 Å². The van der Waals surface area contributed by atoms with Gasteiger partial charge in [0.2, 0.25) is 5.91 Å². The van der Waals surface area contributed by atoms with Gasteiger partial charge in [0.25, 0.3) is 0 Å². The zero-order chi connectivity index (χ0) is 15.8. The molecule has 21 heavy (non-hydrogen) atoms. The Hall–Kier alpha value is -2.04. The Morgan fingerprint density at radius 3 is 2.38 bits per heavy atom. The molecular weight excluding hydrogens is 270 g/mol. The normalized spacial score (nSPS) is 11.8. The molecule has 0 saturated carbocycles. The first-order valence-corrected chi connectivity index (χ1v) is 7.12. The number of methoxy groups -OCH3 is 1. The Bertz CT molecular complexity index is 470. The molecule has 0 saturated heterocycles. The van der Waals surface area contributed by atoms with Gasteiger partial charge in [-0.1, -0.05) is 12.1 Å². The molecule has 0 heterocycles. The summed E-state index contributed by atoms with van der Waals surface area (Å²) in [6.07, 6.45) is 0.991. The SMILES string of the molecule is CCN(C(=O)CCc1ccc(OC)cc1)C(C)CC(=O)O. The summed E-state index contributed by atoms with van der Waals surface area (Å²) in [5.41, 5.74) is 1.06. The monoisotopic (exact) mass is 293 g/mol. The van der Waals surface area contributed by atoms with Crippen LogP contribution in [-0.4, -0.2) is 41.6 Å². The molecule has 1 aromatic rings. The van der Waals surface area contributed by atoms with Gasteiger partial charge in [-0.25, -0.2) is 0 Å². The second-order valence-electron chi connectivity index (χ2n) is 4.97. The quantitative estimate of drug-likeness (QED) is 0.799. The van der Waals surface area contributed by atoms with Gasteiger partial charge in [0, 0.05) is 19.0 Å². The largest absolute Gasteiger partial charge is 0.497 e.